The number of imidazole rings is 1. The van der Waals surface area contributed by atoms with Gasteiger partial charge in [-0.3, -0.25) is 0 Å². The third kappa shape index (κ3) is 5.44. The molecule has 8 nitrogen and oxygen atoms in total. The molecule has 0 saturated carbocycles. The van der Waals surface area contributed by atoms with E-state index in [2.05, 4.69) is 62.4 Å². The van der Waals surface area contributed by atoms with E-state index >= 15 is 0 Å². The average Bonchev–Trinajstić information content (AvgIpc) is 3.58. The normalized spacial score (nSPS) is 16.4. The average molecular weight is 511 g/mol. The van der Waals surface area contributed by atoms with Crippen LogP contribution in [0, 0.1) is 0 Å². The van der Waals surface area contributed by atoms with Gasteiger partial charge in [0.15, 0.2) is 0 Å². The van der Waals surface area contributed by atoms with E-state index < -0.39 is 5.60 Å². The molecule has 1 atom stereocenters. The second-order valence-corrected chi connectivity index (χ2v) is 10.7. The van der Waals surface area contributed by atoms with Crippen LogP contribution < -0.4 is 0 Å². The number of ether oxygens (including phenoxy) is 1. The predicted octanol–water partition coefficient (Wildman–Crippen LogP) is 6.18. The number of rotatable bonds is 7. The molecule has 1 N–H and O–H groups in total. The van der Waals surface area contributed by atoms with E-state index in [1.165, 1.54) is 11.3 Å². The highest BCUT2D eigenvalue weighted by Gasteiger charge is 2.29. The van der Waals surface area contributed by atoms with Gasteiger partial charge in [-0.1, -0.05) is 61.9 Å². The van der Waals surface area contributed by atoms with Crippen LogP contribution in [-0.2, 0) is 16.0 Å². The molecule has 3 heterocycles. The number of benzene rings is 2. The van der Waals surface area contributed by atoms with E-state index in [0.29, 0.717) is 5.82 Å². The van der Waals surface area contributed by atoms with Crippen molar-refractivity contribution in [3.63, 3.8) is 0 Å². The summed E-state index contributed by atoms with van der Waals surface area (Å²) in [6.45, 7) is 7.85. The minimum atomic E-state index is -0.531. The third-order valence-electron chi connectivity index (χ3n) is 6.76. The van der Waals surface area contributed by atoms with Crippen LogP contribution in [0.15, 0.2) is 60.8 Å². The number of aromatic amines is 1. The minimum Gasteiger partial charge on any atom is -0.457 e. The molecule has 0 spiro atoms. The van der Waals surface area contributed by atoms with E-state index in [1.54, 1.807) is 6.08 Å². The number of aryl methyl sites for hydroxylation is 1. The summed E-state index contributed by atoms with van der Waals surface area (Å²) in [5.74, 6) is 1.12. The second-order valence-electron chi connectivity index (χ2n) is 10.7. The Morgan fingerprint density at radius 1 is 1.13 bits per heavy atom. The van der Waals surface area contributed by atoms with Crippen LogP contribution in [0.25, 0.3) is 28.1 Å². The molecule has 1 aliphatic rings. The van der Waals surface area contributed by atoms with Crippen molar-refractivity contribution in [2.45, 2.75) is 71.4 Å². The lowest BCUT2D eigenvalue weighted by molar-refractivity contribution is -0.148. The maximum atomic E-state index is 12.6. The first-order valence-electron chi connectivity index (χ1n) is 13.3. The zero-order valence-corrected chi connectivity index (χ0v) is 22.4. The summed E-state index contributed by atoms with van der Waals surface area (Å²) in [6, 6.07) is 16.9. The summed E-state index contributed by atoms with van der Waals surface area (Å²) in [6.07, 6.45) is 8.40. The van der Waals surface area contributed by atoms with Crippen LogP contribution in [0.3, 0.4) is 0 Å². The first kappa shape index (κ1) is 25.6. The Kier molecular flexibility index (Phi) is 7.22. The number of nitrogens with one attached hydrogen (secondary N) is 1. The molecule has 1 unspecified atom stereocenters. The van der Waals surface area contributed by atoms with E-state index in [0.717, 1.165) is 60.2 Å². The number of tetrazole rings is 1. The molecule has 2 aromatic heterocycles. The van der Waals surface area contributed by atoms with Gasteiger partial charge in [-0.2, -0.15) is 5.21 Å². The molecule has 0 saturated heterocycles. The van der Waals surface area contributed by atoms with Crippen LogP contribution in [0.2, 0.25) is 0 Å². The molecule has 2 aromatic carbocycles. The van der Waals surface area contributed by atoms with E-state index in [-0.39, 0.29) is 12.0 Å². The Morgan fingerprint density at radius 2 is 1.89 bits per heavy atom. The molecule has 5 rings (SSSR count). The molecular weight excluding hydrogens is 476 g/mol. The van der Waals surface area contributed by atoms with Crippen LogP contribution in [0.1, 0.15) is 76.5 Å². The van der Waals surface area contributed by atoms with Crippen molar-refractivity contribution >= 4 is 11.5 Å². The number of unbranched alkanes of at least 4 members (excludes halogenated alkanes) is 1. The zero-order valence-electron chi connectivity index (χ0n) is 22.4. The highest BCUT2D eigenvalue weighted by Crippen LogP contribution is 2.39. The molecule has 38 heavy (non-hydrogen) atoms. The highest BCUT2D eigenvalue weighted by atomic mass is 16.6. The van der Waals surface area contributed by atoms with Crippen LogP contribution in [-0.4, -0.2) is 41.7 Å². The number of esters is 1. The smallest absolute Gasteiger partial charge is 0.331 e. The van der Waals surface area contributed by atoms with Crippen molar-refractivity contribution in [3.8, 4) is 22.5 Å². The summed E-state index contributed by atoms with van der Waals surface area (Å²) in [5, 5.41) is 14.6. The Balaban J connectivity index is 1.48. The van der Waals surface area contributed by atoms with E-state index in [4.69, 9.17) is 9.72 Å². The number of fused-ring (bicyclic) bond motifs is 1. The van der Waals surface area contributed by atoms with Gasteiger partial charge in [0.2, 0.25) is 5.82 Å². The molecule has 0 bridgehead atoms. The molecule has 196 valence electrons. The summed E-state index contributed by atoms with van der Waals surface area (Å²) in [7, 11) is 0. The second kappa shape index (κ2) is 10.7. The van der Waals surface area contributed by atoms with Gasteiger partial charge in [0.25, 0.3) is 0 Å². The Hall–Kier alpha value is -4.07. The first-order valence-corrected chi connectivity index (χ1v) is 13.3. The van der Waals surface area contributed by atoms with Crippen molar-refractivity contribution in [2.75, 3.05) is 0 Å². The summed E-state index contributed by atoms with van der Waals surface area (Å²) in [4.78, 5) is 17.4. The van der Waals surface area contributed by atoms with Gasteiger partial charge in [0, 0.05) is 29.1 Å². The Bertz CT molecular complexity index is 1430. The van der Waals surface area contributed by atoms with Crippen molar-refractivity contribution in [1.29, 1.82) is 0 Å². The van der Waals surface area contributed by atoms with Gasteiger partial charge in [0.05, 0.1) is 6.04 Å². The number of carbonyl (C=O) groups is 1. The fraction of sp³-hybridized carbons (Fsp3) is 0.367. The van der Waals surface area contributed by atoms with Gasteiger partial charge in [0.1, 0.15) is 11.4 Å². The minimum absolute atomic E-state index is 0.150. The standard InChI is InChI=1S/C30H34N6O2/c1-5-6-9-23-19-31-29-22(18-27(37)38-30(2,3)4)16-17-26(36(23)29)21-14-12-20(13-15-21)24-10-7-8-11-25(24)28-32-34-35-33-28/h7-8,10-15,18-19,26H,5-6,9,16-17H2,1-4H3,(H,32,33,34,35)/b22-18+. The van der Waals surface area contributed by atoms with E-state index in [1.807, 2.05) is 45.2 Å². The number of allylic oxidation sites excluding steroid dienone is 1. The number of aromatic nitrogens is 6. The van der Waals surface area contributed by atoms with Gasteiger partial charge in [-0.15, -0.1) is 10.2 Å². The SMILES string of the molecule is CCCCc1cnc2n1C(c1ccc(-c3ccccc3-c3nn[nH]n3)cc1)CC/C2=C\C(=O)OC(C)(C)C. The number of carbonyl (C=O) groups excluding carboxylic acids is 1. The molecule has 0 radical (unpaired) electrons. The Labute approximate surface area is 223 Å². The largest absolute Gasteiger partial charge is 0.457 e. The first-order chi connectivity index (χ1) is 18.3. The Morgan fingerprint density at radius 3 is 2.58 bits per heavy atom. The highest BCUT2D eigenvalue weighted by molar-refractivity contribution is 5.91. The fourth-order valence-corrected chi connectivity index (χ4v) is 5.07. The number of hydrogen-bond acceptors (Lipinski definition) is 6. The third-order valence-corrected chi connectivity index (χ3v) is 6.76. The van der Waals surface area contributed by atoms with Gasteiger partial charge in [-0.25, -0.2) is 9.78 Å². The fourth-order valence-electron chi connectivity index (χ4n) is 5.07. The van der Waals surface area contributed by atoms with Crippen molar-refractivity contribution in [1.82, 2.24) is 30.2 Å². The lowest BCUT2D eigenvalue weighted by atomic mass is 9.91. The maximum absolute atomic E-state index is 12.6. The zero-order chi connectivity index (χ0) is 26.7. The number of nitrogens with zero attached hydrogens (tertiary/aromatic N) is 5. The lowest BCUT2D eigenvalue weighted by Crippen LogP contribution is -2.24. The van der Waals surface area contributed by atoms with E-state index in [9.17, 15) is 4.79 Å². The van der Waals surface area contributed by atoms with Crippen molar-refractivity contribution in [2.24, 2.45) is 0 Å². The topological polar surface area (TPSA) is 98.6 Å². The predicted molar refractivity (Wildman–Crippen MR) is 147 cm³/mol. The molecule has 8 heteroatoms. The number of H-pyrrole nitrogens is 1. The molecule has 0 fully saturated rings. The summed E-state index contributed by atoms with van der Waals surface area (Å²) >= 11 is 0. The van der Waals surface area contributed by atoms with Gasteiger partial charge < -0.3 is 9.30 Å². The van der Waals surface area contributed by atoms with Crippen molar-refractivity contribution < 1.29 is 9.53 Å². The molecular formula is C30H34N6O2. The summed E-state index contributed by atoms with van der Waals surface area (Å²) in [5.41, 5.74) is 5.90. The van der Waals surface area contributed by atoms with Crippen LogP contribution in [0.5, 0.6) is 0 Å². The van der Waals surface area contributed by atoms with Crippen molar-refractivity contribution in [3.05, 3.63) is 77.9 Å². The maximum Gasteiger partial charge on any atom is 0.331 e. The molecule has 4 aromatic rings. The molecule has 1 aliphatic heterocycles. The van der Waals surface area contributed by atoms with Crippen LogP contribution >= 0.6 is 0 Å². The lowest BCUT2D eigenvalue weighted by Gasteiger charge is -2.29. The molecule has 0 aliphatic carbocycles. The molecule has 0 amide bonds. The van der Waals surface area contributed by atoms with Crippen LogP contribution in [0.4, 0.5) is 0 Å². The quantitative estimate of drug-likeness (QED) is 0.235. The monoisotopic (exact) mass is 510 g/mol. The van der Waals surface area contributed by atoms with Gasteiger partial charge >= 0.3 is 5.97 Å². The summed E-state index contributed by atoms with van der Waals surface area (Å²) < 4.78 is 7.89. The van der Waals surface area contributed by atoms with Gasteiger partial charge in [-0.05, 0) is 68.4 Å². The number of hydrogen-bond donors (Lipinski definition) is 1.